The van der Waals surface area contributed by atoms with Crippen LogP contribution in [0.2, 0.25) is 0 Å². The highest BCUT2D eigenvalue weighted by Gasteiger charge is 2.24. The van der Waals surface area contributed by atoms with Crippen molar-refractivity contribution in [3.8, 4) is 0 Å². The maximum Gasteiger partial charge on any atom is 0.0267 e. The van der Waals surface area contributed by atoms with Crippen molar-refractivity contribution >= 4 is 0 Å². The van der Waals surface area contributed by atoms with Gasteiger partial charge < -0.3 is 0 Å². The summed E-state index contributed by atoms with van der Waals surface area (Å²) in [5.74, 6) is 0. The van der Waals surface area contributed by atoms with Crippen LogP contribution < -0.4 is 0 Å². The first kappa shape index (κ1) is 18.9. The molecule has 0 amide bonds. The third kappa shape index (κ3) is 5.82. The van der Waals surface area contributed by atoms with E-state index in [0.717, 1.165) is 26.1 Å². The standard InChI is InChI=1S/C24H32N2/c1-21(2)14-17-25-15-9-16-26(19-23-12-7-4-8-13-23)24(20-25)18-22-10-5-3-6-11-22/h3-8,10-14,24H,9,15-20H2,1-2H3/t24-/m1/s1. The summed E-state index contributed by atoms with van der Waals surface area (Å²) in [6.45, 7) is 10.0. The Morgan fingerprint density at radius 2 is 1.58 bits per heavy atom. The Hall–Kier alpha value is -1.90. The second-order valence-corrected chi connectivity index (χ2v) is 7.69. The fourth-order valence-electron chi connectivity index (χ4n) is 3.77. The Morgan fingerprint density at radius 3 is 2.23 bits per heavy atom. The quantitative estimate of drug-likeness (QED) is 0.694. The minimum atomic E-state index is 0.561. The van der Waals surface area contributed by atoms with E-state index in [2.05, 4.69) is 90.4 Å². The molecule has 1 atom stereocenters. The molecule has 0 N–H and O–H groups in total. The first-order valence-electron chi connectivity index (χ1n) is 9.88. The van der Waals surface area contributed by atoms with E-state index in [1.807, 2.05) is 0 Å². The van der Waals surface area contributed by atoms with Gasteiger partial charge in [-0.2, -0.15) is 0 Å². The molecule has 0 aliphatic carbocycles. The minimum Gasteiger partial charge on any atom is -0.298 e. The molecule has 2 aromatic rings. The molecule has 0 bridgehead atoms. The Morgan fingerprint density at radius 1 is 0.923 bits per heavy atom. The molecule has 0 radical (unpaired) electrons. The molecule has 0 unspecified atom stereocenters. The molecular formula is C24H32N2. The van der Waals surface area contributed by atoms with E-state index in [9.17, 15) is 0 Å². The summed E-state index contributed by atoms with van der Waals surface area (Å²) >= 11 is 0. The lowest BCUT2D eigenvalue weighted by Gasteiger charge is -2.32. The van der Waals surface area contributed by atoms with Crippen LogP contribution in [0.25, 0.3) is 0 Å². The van der Waals surface area contributed by atoms with E-state index in [-0.39, 0.29) is 0 Å². The molecule has 1 heterocycles. The van der Waals surface area contributed by atoms with Gasteiger partial charge in [0.2, 0.25) is 0 Å². The normalized spacial score (nSPS) is 19.1. The first-order chi connectivity index (χ1) is 12.7. The summed E-state index contributed by atoms with van der Waals surface area (Å²) in [6, 6.07) is 22.5. The SMILES string of the molecule is CC(C)=CCN1CCCN(Cc2ccccc2)[C@H](Cc2ccccc2)C1. The molecule has 2 nitrogen and oxygen atoms in total. The van der Waals surface area contributed by atoms with Crippen molar-refractivity contribution in [3.63, 3.8) is 0 Å². The second-order valence-electron chi connectivity index (χ2n) is 7.69. The molecule has 2 aromatic carbocycles. The fourth-order valence-corrected chi connectivity index (χ4v) is 3.77. The maximum atomic E-state index is 2.70. The van der Waals surface area contributed by atoms with Gasteiger partial charge >= 0.3 is 0 Å². The molecule has 138 valence electrons. The van der Waals surface area contributed by atoms with Crippen LogP contribution in [0.3, 0.4) is 0 Å². The molecule has 3 rings (SSSR count). The van der Waals surface area contributed by atoms with Crippen LogP contribution in [0.4, 0.5) is 0 Å². The van der Waals surface area contributed by atoms with E-state index in [1.54, 1.807) is 0 Å². The van der Waals surface area contributed by atoms with Crippen molar-refractivity contribution in [1.29, 1.82) is 0 Å². The predicted molar refractivity (Wildman–Crippen MR) is 111 cm³/mol. The molecule has 26 heavy (non-hydrogen) atoms. The van der Waals surface area contributed by atoms with Crippen LogP contribution in [-0.2, 0) is 13.0 Å². The molecular weight excluding hydrogens is 316 g/mol. The molecule has 0 spiro atoms. The zero-order valence-electron chi connectivity index (χ0n) is 16.3. The summed E-state index contributed by atoms with van der Waals surface area (Å²) < 4.78 is 0. The van der Waals surface area contributed by atoms with Crippen molar-refractivity contribution in [1.82, 2.24) is 9.80 Å². The van der Waals surface area contributed by atoms with E-state index in [4.69, 9.17) is 0 Å². The summed E-state index contributed by atoms with van der Waals surface area (Å²) in [7, 11) is 0. The average Bonchev–Trinajstić information content (AvgIpc) is 2.84. The van der Waals surface area contributed by atoms with Crippen LogP contribution in [0.5, 0.6) is 0 Å². The predicted octanol–water partition coefficient (Wildman–Crippen LogP) is 4.77. The highest BCUT2D eigenvalue weighted by Crippen LogP contribution is 2.18. The Balaban J connectivity index is 1.75. The molecule has 0 aromatic heterocycles. The summed E-state index contributed by atoms with van der Waals surface area (Å²) in [6.07, 6.45) is 4.74. The van der Waals surface area contributed by atoms with Gasteiger partial charge in [0.15, 0.2) is 0 Å². The van der Waals surface area contributed by atoms with Gasteiger partial charge in [0.1, 0.15) is 0 Å². The van der Waals surface area contributed by atoms with Crippen LogP contribution in [0.1, 0.15) is 31.4 Å². The lowest BCUT2D eigenvalue weighted by atomic mass is 10.0. The average molecular weight is 349 g/mol. The second kappa shape index (κ2) is 9.70. The smallest absolute Gasteiger partial charge is 0.0267 e. The first-order valence-corrected chi connectivity index (χ1v) is 9.88. The molecule has 1 aliphatic heterocycles. The van der Waals surface area contributed by atoms with Gasteiger partial charge in [-0.15, -0.1) is 0 Å². The number of allylic oxidation sites excluding steroid dienone is 1. The van der Waals surface area contributed by atoms with Crippen molar-refractivity contribution in [2.75, 3.05) is 26.2 Å². The maximum absolute atomic E-state index is 2.70. The number of hydrogen-bond acceptors (Lipinski definition) is 2. The number of nitrogens with zero attached hydrogens (tertiary/aromatic N) is 2. The Labute approximate surface area is 159 Å². The lowest BCUT2D eigenvalue weighted by molar-refractivity contribution is 0.174. The van der Waals surface area contributed by atoms with Crippen molar-refractivity contribution in [2.24, 2.45) is 0 Å². The summed E-state index contributed by atoms with van der Waals surface area (Å²) in [5.41, 5.74) is 4.28. The van der Waals surface area contributed by atoms with Gasteiger partial charge in [-0.3, -0.25) is 9.80 Å². The van der Waals surface area contributed by atoms with E-state index >= 15 is 0 Å². The van der Waals surface area contributed by atoms with Gasteiger partial charge in [0, 0.05) is 32.2 Å². The van der Waals surface area contributed by atoms with Crippen LogP contribution in [0.15, 0.2) is 72.3 Å². The third-order valence-corrected chi connectivity index (χ3v) is 5.21. The summed E-state index contributed by atoms with van der Waals surface area (Å²) in [4.78, 5) is 5.33. The van der Waals surface area contributed by atoms with Crippen molar-refractivity contribution < 1.29 is 0 Å². The summed E-state index contributed by atoms with van der Waals surface area (Å²) in [5, 5.41) is 0. The van der Waals surface area contributed by atoms with Gasteiger partial charge in [0.25, 0.3) is 0 Å². The van der Waals surface area contributed by atoms with Gasteiger partial charge in [-0.1, -0.05) is 72.3 Å². The highest BCUT2D eigenvalue weighted by molar-refractivity contribution is 5.18. The third-order valence-electron chi connectivity index (χ3n) is 5.21. The van der Waals surface area contributed by atoms with Gasteiger partial charge in [-0.25, -0.2) is 0 Å². The van der Waals surface area contributed by atoms with Crippen molar-refractivity contribution in [2.45, 2.75) is 39.3 Å². The molecule has 1 fully saturated rings. The van der Waals surface area contributed by atoms with E-state index in [1.165, 1.54) is 36.2 Å². The number of hydrogen-bond donors (Lipinski definition) is 0. The fraction of sp³-hybridized carbons (Fsp3) is 0.417. The minimum absolute atomic E-state index is 0.561. The largest absolute Gasteiger partial charge is 0.298 e. The zero-order valence-corrected chi connectivity index (χ0v) is 16.3. The molecule has 0 saturated carbocycles. The van der Waals surface area contributed by atoms with Gasteiger partial charge in [0.05, 0.1) is 0 Å². The monoisotopic (exact) mass is 348 g/mol. The Bertz CT molecular complexity index is 674. The van der Waals surface area contributed by atoms with Gasteiger partial charge in [-0.05, 0) is 44.4 Å². The van der Waals surface area contributed by atoms with E-state index in [0.29, 0.717) is 6.04 Å². The lowest BCUT2D eigenvalue weighted by Crippen LogP contribution is -2.42. The van der Waals surface area contributed by atoms with E-state index < -0.39 is 0 Å². The molecule has 1 aliphatic rings. The molecule has 2 heteroatoms. The number of rotatable bonds is 6. The molecule has 1 saturated heterocycles. The van der Waals surface area contributed by atoms with Crippen molar-refractivity contribution in [3.05, 3.63) is 83.4 Å². The zero-order chi connectivity index (χ0) is 18.2. The Kier molecular flexibility index (Phi) is 7.04. The van der Waals surface area contributed by atoms with Crippen LogP contribution in [-0.4, -0.2) is 42.0 Å². The van der Waals surface area contributed by atoms with Crippen LogP contribution in [0, 0.1) is 0 Å². The van der Waals surface area contributed by atoms with Crippen LogP contribution >= 0.6 is 0 Å². The highest BCUT2D eigenvalue weighted by atomic mass is 15.2. The number of benzene rings is 2. The topological polar surface area (TPSA) is 6.48 Å².